The summed E-state index contributed by atoms with van der Waals surface area (Å²) in [5.74, 6) is -0.565. The molecule has 1 aromatic heterocycles. The van der Waals surface area contributed by atoms with E-state index in [1.54, 1.807) is 16.8 Å². The molecule has 0 amide bonds. The summed E-state index contributed by atoms with van der Waals surface area (Å²) in [7, 11) is 0. The molecule has 0 fully saturated rings. The second-order valence-electron chi connectivity index (χ2n) is 3.76. The quantitative estimate of drug-likeness (QED) is 0.643. The normalized spacial score (nSPS) is 10.3. The lowest BCUT2D eigenvalue weighted by Crippen LogP contribution is -2.11. The number of hydrogen-bond donors (Lipinski definition) is 0. The topological polar surface area (TPSA) is 39.1 Å². The summed E-state index contributed by atoms with van der Waals surface area (Å²) < 4.78 is 15.0. The molecular formula is C13H9BrFNO2. The summed E-state index contributed by atoms with van der Waals surface area (Å²) >= 11 is 3.24. The highest BCUT2D eigenvalue weighted by Gasteiger charge is 2.10. The average Bonchev–Trinajstić information content (AvgIpc) is 2.70. The minimum absolute atomic E-state index is 0.0469. The average molecular weight is 310 g/mol. The second-order valence-corrected chi connectivity index (χ2v) is 4.67. The first kappa shape index (κ1) is 12.7. The first-order valence-electron chi connectivity index (χ1n) is 5.20. The molecule has 2 rings (SSSR count). The third kappa shape index (κ3) is 2.73. The van der Waals surface area contributed by atoms with Crippen LogP contribution in [-0.4, -0.2) is 16.6 Å². The Morgan fingerprint density at radius 3 is 2.61 bits per heavy atom. The van der Waals surface area contributed by atoms with Crippen LogP contribution in [0.4, 0.5) is 4.39 Å². The lowest BCUT2D eigenvalue weighted by atomic mass is 10.1. The molecule has 0 spiro atoms. The van der Waals surface area contributed by atoms with Crippen molar-refractivity contribution in [3.8, 4) is 0 Å². The third-order valence-electron chi connectivity index (χ3n) is 2.50. The Morgan fingerprint density at radius 2 is 2.00 bits per heavy atom. The van der Waals surface area contributed by atoms with Crippen LogP contribution in [0.3, 0.4) is 0 Å². The van der Waals surface area contributed by atoms with Crippen molar-refractivity contribution >= 4 is 28.0 Å². The Labute approximate surface area is 111 Å². The molecule has 0 radical (unpaired) electrons. The van der Waals surface area contributed by atoms with E-state index in [2.05, 4.69) is 15.9 Å². The van der Waals surface area contributed by atoms with Crippen LogP contribution in [0.15, 0.2) is 41.0 Å². The van der Waals surface area contributed by atoms with Crippen molar-refractivity contribution in [1.29, 1.82) is 0 Å². The molecule has 0 saturated heterocycles. The van der Waals surface area contributed by atoms with Gasteiger partial charge in [0.2, 0.25) is 0 Å². The van der Waals surface area contributed by atoms with E-state index in [0.29, 0.717) is 17.5 Å². The minimum Gasteiger partial charge on any atom is -0.336 e. The van der Waals surface area contributed by atoms with Crippen LogP contribution < -0.4 is 0 Å². The first-order valence-corrected chi connectivity index (χ1v) is 5.99. The van der Waals surface area contributed by atoms with Gasteiger partial charge in [-0.2, -0.15) is 0 Å². The van der Waals surface area contributed by atoms with Crippen molar-refractivity contribution < 1.29 is 14.0 Å². The van der Waals surface area contributed by atoms with Gasteiger partial charge in [-0.25, -0.2) is 4.39 Å². The summed E-state index contributed by atoms with van der Waals surface area (Å²) in [4.78, 5) is 22.7. The van der Waals surface area contributed by atoms with E-state index in [1.807, 2.05) is 0 Å². The highest BCUT2D eigenvalue weighted by Crippen LogP contribution is 2.14. The SMILES string of the molecule is O=Cc1cc(Br)cn1CC(=O)c1ccc(F)cc1. The van der Waals surface area contributed by atoms with Crippen LogP contribution in [-0.2, 0) is 6.54 Å². The van der Waals surface area contributed by atoms with Gasteiger partial charge in [-0.1, -0.05) is 0 Å². The molecule has 0 aliphatic rings. The largest absolute Gasteiger partial charge is 0.336 e. The summed E-state index contributed by atoms with van der Waals surface area (Å²) in [6.07, 6.45) is 2.34. The number of halogens is 2. The number of rotatable bonds is 4. The Kier molecular flexibility index (Phi) is 3.72. The predicted octanol–water partition coefficient (Wildman–Crippen LogP) is 3.09. The van der Waals surface area contributed by atoms with Crippen molar-refractivity contribution in [2.45, 2.75) is 6.54 Å². The van der Waals surface area contributed by atoms with E-state index in [-0.39, 0.29) is 18.1 Å². The molecule has 1 heterocycles. The van der Waals surface area contributed by atoms with Crippen LogP contribution in [0.5, 0.6) is 0 Å². The van der Waals surface area contributed by atoms with E-state index in [9.17, 15) is 14.0 Å². The molecule has 92 valence electrons. The molecule has 2 aromatic rings. The molecule has 0 saturated carbocycles. The molecule has 0 bridgehead atoms. The highest BCUT2D eigenvalue weighted by atomic mass is 79.9. The van der Waals surface area contributed by atoms with Crippen molar-refractivity contribution in [1.82, 2.24) is 4.57 Å². The van der Waals surface area contributed by atoms with Gasteiger partial charge in [0, 0.05) is 16.2 Å². The van der Waals surface area contributed by atoms with Crippen LogP contribution in [0.25, 0.3) is 0 Å². The Hall–Kier alpha value is -1.75. The van der Waals surface area contributed by atoms with Crippen LogP contribution in [0.1, 0.15) is 20.8 Å². The molecule has 0 atom stereocenters. The summed E-state index contributed by atoms with van der Waals surface area (Å²) in [6.45, 7) is 0.0469. The van der Waals surface area contributed by atoms with Crippen molar-refractivity contribution in [2.75, 3.05) is 0 Å². The van der Waals surface area contributed by atoms with Gasteiger partial charge in [0.05, 0.1) is 12.2 Å². The van der Waals surface area contributed by atoms with E-state index in [4.69, 9.17) is 0 Å². The van der Waals surface area contributed by atoms with E-state index < -0.39 is 0 Å². The fourth-order valence-corrected chi connectivity index (χ4v) is 2.09. The number of aromatic nitrogens is 1. The minimum atomic E-state index is -0.385. The molecule has 0 N–H and O–H groups in total. The van der Waals surface area contributed by atoms with Crippen molar-refractivity contribution in [3.63, 3.8) is 0 Å². The maximum atomic E-state index is 12.7. The van der Waals surface area contributed by atoms with Crippen molar-refractivity contribution in [2.24, 2.45) is 0 Å². The van der Waals surface area contributed by atoms with E-state index in [0.717, 1.165) is 4.47 Å². The van der Waals surface area contributed by atoms with Gasteiger partial charge < -0.3 is 4.57 Å². The fourth-order valence-electron chi connectivity index (χ4n) is 1.61. The van der Waals surface area contributed by atoms with Crippen molar-refractivity contribution in [3.05, 3.63) is 58.1 Å². The maximum absolute atomic E-state index is 12.7. The molecule has 0 aliphatic carbocycles. The number of benzene rings is 1. The number of Topliss-reactive ketones (excluding diaryl/α,β-unsaturated/α-hetero) is 1. The van der Waals surface area contributed by atoms with Gasteiger partial charge in [-0.05, 0) is 46.3 Å². The predicted molar refractivity (Wildman–Crippen MR) is 68.3 cm³/mol. The lowest BCUT2D eigenvalue weighted by Gasteiger charge is -2.04. The van der Waals surface area contributed by atoms with Gasteiger partial charge in [0.15, 0.2) is 12.1 Å². The molecule has 1 aromatic carbocycles. The zero-order valence-electron chi connectivity index (χ0n) is 9.27. The van der Waals surface area contributed by atoms with Gasteiger partial charge in [0.1, 0.15) is 5.82 Å². The third-order valence-corrected chi connectivity index (χ3v) is 2.93. The molecule has 0 unspecified atom stereocenters. The lowest BCUT2D eigenvalue weighted by molar-refractivity contribution is 0.0970. The van der Waals surface area contributed by atoms with Crippen LogP contribution in [0.2, 0.25) is 0 Å². The zero-order valence-corrected chi connectivity index (χ0v) is 10.9. The maximum Gasteiger partial charge on any atom is 0.182 e. The highest BCUT2D eigenvalue weighted by molar-refractivity contribution is 9.10. The monoisotopic (exact) mass is 309 g/mol. The number of aldehydes is 1. The Balaban J connectivity index is 2.20. The number of carbonyl (C=O) groups excluding carboxylic acids is 2. The van der Waals surface area contributed by atoms with Gasteiger partial charge in [-0.3, -0.25) is 9.59 Å². The standard InChI is InChI=1S/C13H9BrFNO2/c14-10-5-12(8-17)16(6-10)7-13(18)9-1-3-11(15)4-2-9/h1-6,8H,7H2. The number of nitrogens with zero attached hydrogens (tertiary/aromatic N) is 1. The zero-order chi connectivity index (χ0) is 13.1. The second kappa shape index (κ2) is 5.27. The summed E-state index contributed by atoms with van der Waals surface area (Å²) in [5.41, 5.74) is 0.829. The fraction of sp³-hybridized carbons (Fsp3) is 0.0769. The van der Waals surface area contributed by atoms with E-state index >= 15 is 0 Å². The molecule has 3 nitrogen and oxygen atoms in total. The summed E-state index contributed by atoms with van der Waals surface area (Å²) in [6, 6.07) is 6.96. The molecule has 0 aliphatic heterocycles. The van der Waals surface area contributed by atoms with Gasteiger partial charge in [-0.15, -0.1) is 0 Å². The number of ketones is 1. The molecular weight excluding hydrogens is 301 g/mol. The Morgan fingerprint density at radius 1 is 1.33 bits per heavy atom. The smallest absolute Gasteiger partial charge is 0.182 e. The van der Waals surface area contributed by atoms with Crippen LogP contribution >= 0.6 is 15.9 Å². The first-order chi connectivity index (χ1) is 8.60. The number of carbonyl (C=O) groups is 2. The molecule has 5 heteroatoms. The van der Waals surface area contributed by atoms with Crippen LogP contribution in [0, 0.1) is 5.82 Å². The van der Waals surface area contributed by atoms with Gasteiger partial charge in [0.25, 0.3) is 0 Å². The molecule has 18 heavy (non-hydrogen) atoms. The summed E-state index contributed by atoms with van der Waals surface area (Å²) in [5, 5.41) is 0. The Bertz CT molecular complexity index is 590. The van der Waals surface area contributed by atoms with Gasteiger partial charge >= 0.3 is 0 Å². The number of hydrogen-bond acceptors (Lipinski definition) is 2. The van der Waals surface area contributed by atoms with E-state index in [1.165, 1.54) is 24.3 Å².